The van der Waals surface area contributed by atoms with Crippen molar-refractivity contribution in [2.24, 2.45) is 7.05 Å². The van der Waals surface area contributed by atoms with E-state index in [4.69, 9.17) is 4.98 Å². The van der Waals surface area contributed by atoms with Crippen molar-refractivity contribution in [1.82, 2.24) is 38.3 Å². The molecule has 0 amide bonds. The second-order valence-corrected chi connectivity index (χ2v) is 9.24. The molecule has 0 unspecified atom stereocenters. The van der Waals surface area contributed by atoms with E-state index in [2.05, 4.69) is 15.1 Å². The lowest BCUT2D eigenvalue weighted by Gasteiger charge is -2.09. The molecule has 6 rings (SSSR count). The van der Waals surface area contributed by atoms with E-state index >= 15 is 0 Å². The molecule has 0 aliphatic carbocycles. The van der Waals surface area contributed by atoms with Crippen molar-refractivity contribution in [1.29, 1.82) is 0 Å². The third-order valence-corrected chi connectivity index (χ3v) is 6.84. The van der Waals surface area contributed by atoms with Gasteiger partial charge >= 0.3 is 5.69 Å². The van der Waals surface area contributed by atoms with Crippen LogP contribution in [0.2, 0.25) is 0 Å². The molecule has 0 aliphatic heterocycles. The van der Waals surface area contributed by atoms with Gasteiger partial charge in [0.25, 0.3) is 5.56 Å². The zero-order valence-electron chi connectivity index (χ0n) is 19.2. The van der Waals surface area contributed by atoms with Crippen LogP contribution in [-0.2, 0) is 26.6 Å². The Morgan fingerprint density at radius 1 is 1.03 bits per heavy atom. The average Bonchev–Trinajstić information content (AvgIpc) is 3.60. The highest BCUT2D eigenvalue weighted by atomic mass is 32.1. The van der Waals surface area contributed by atoms with Gasteiger partial charge < -0.3 is 4.57 Å². The molecule has 0 aliphatic rings. The first-order chi connectivity index (χ1) is 17.0. The predicted molar refractivity (Wildman–Crippen MR) is 134 cm³/mol. The second kappa shape index (κ2) is 8.20. The van der Waals surface area contributed by atoms with Gasteiger partial charge in [-0.15, -0.1) is 11.3 Å². The molecule has 0 radical (unpaired) electrons. The quantitative estimate of drug-likeness (QED) is 0.389. The smallest absolute Gasteiger partial charge is 0.317 e. The molecule has 1 N–H and O–H groups in total. The molecule has 5 aromatic heterocycles. The zero-order valence-corrected chi connectivity index (χ0v) is 20.0. The molecule has 11 heteroatoms. The summed E-state index contributed by atoms with van der Waals surface area (Å²) >= 11 is 1.56. The molecule has 0 saturated heterocycles. The van der Waals surface area contributed by atoms with Crippen molar-refractivity contribution in [2.75, 3.05) is 0 Å². The van der Waals surface area contributed by atoms with E-state index in [0.717, 1.165) is 27.5 Å². The molecule has 5 heterocycles. The maximum absolute atomic E-state index is 12.9. The van der Waals surface area contributed by atoms with E-state index in [-0.39, 0.29) is 0 Å². The van der Waals surface area contributed by atoms with E-state index in [0.29, 0.717) is 36.5 Å². The lowest BCUT2D eigenvalue weighted by atomic mass is 10.1. The third-order valence-electron chi connectivity index (χ3n) is 6.07. The number of hydrogen-bond acceptors (Lipinski definition) is 6. The first-order valence-electron chi connectivity index (χ1n) is 11.2. The molecule has 0 spiro atoms. The Morgan fingerprint density at radius 2 is 1.86 bits per heavy atom. The van der Waals surface area contributed by atoms with Gasteiger partial charge in [0, 0.05) is 56.1 Å². The minimum Gasteiger partial charge on any atom is -0.317 e. The van der Waals surface area contributed by atoms with E-state index < -0.39 is 11.2 Å². The number of imidazole rings is 2. The summed E-state index contributed by atoms with van der Waals surface area (Å²) < 4.78 is 7.13. The van der Waals surface area contributed by atoms with Gasteiger partial charge in [-0.2, -0.15) is 5.10 Å². The number of rotatable bonds is 6. The number of benzene rings is 1. The Hall–Kier alpha value is -4.25. The second-order valence-electron chi connectivity index (χ2n) is 8.36. The van der Waals surface area contributed by atoms with Crippen LogP contribution in [0.15, 0.2) is 63.9 Å². The molecule has 0 bridgehead atoms. The summed E-state index contributed by atoms with van der Waals surface area (Å²) in [5.41, 5.74) is 3.65. The minimum atomic E-state index is -0.455. The predicted octanol–water partition coefficient (Wildman–Crippen LogP) is 2.66. The van der Waals surface area contributed by atoms with Crippen LogP contribution < -0.4 is 11.2 Å². The number of nitrogens with one attached hydrogen (secondary N) is 1. The van der Waals surface area contributed by atoms with Gasteiger partial charge in [-0.25, -0.2) is 14.8 Å². The minimum absolute atomic E-state index is 0.385. The topological polar surface area (TPSA) is 108 Å². The molecule has 6 aromatic rings. The lowest BCUT2D eigenvalue weighted by molar-refractivity contribution is 0.717. The number of aromatic nitrogens is 8. The number of hydrogen-bond donors (Lipinski definition) is 1. The molecule has 0 atom stereocenters. The SMILES string of the molecule is CCn1c(=O)[nH]c(=O)c2c1nc(Cc1cn3ccsc3n1)n2Cc1ccc(-c2ccn(C)n2)cc1. The molecule has 0 saturated carbocycles. The fourth-order valence-corrected chi connectivity index (χ4v) is 5.09. The molecule has 1 aromatic carbocycles. The van der Waals surface area contributed by atoms with E-state index in [1.807, 2.05) is 77.2 Å². The fraction of sp³-hybridized carbons (Fsp3) is 0.208. The van der Waals surface area contributed by atoms with Crippen molar-refractivity contribution < 1.29 is 0 Å². The molecular weight excluding hydrogens is 464 g/mol. The van der Waals surface area contributed by atoms with Crippen LogP contribution >= 0.6 is 11.3 Å². The van der Waals surface area contributed by atoms with Gasteiger partial charge in [0.1, 0.15) is 5.82 Å². The van der Waals surface area contributed by atoms with Crippen LogP contribution in [0, 0.1) is 0 Å². The number of nitrogens with zero attached hydrogens (tertiary/aromatic N) is 7. The van der Waals surface area contributed by atoms with Crippen LogP contribution in [0.3, 0.4) is 0 Å². The maximum Gasteiger partial charge on any atom is 0.330 e. The van der Waals surface area contributed by atoms with Crippen molar-refractivity contribution in [3.05, 3.63) is 92.2 Å². The number of aryl methyl sites for hydroxylation is 2. The summed E-state index contributed by atoms with van der Waals surface area (Å²) in [6.07, 6.45) is 6.27. The fourth-order valence-electron chi connectivity index (χ4n) is 4.37. The molecule has 10 nitrogen and oxygen atoms in total. The summed E-state index contributed by atoms with van der Waals surface area (Å²) in [6.45, 7) is 2.70. The summed E-state index contributed by atoms with van der Waals surface area (Å²) in [7, 11) is 1.89. The van der Waals surface area contributed by atoms with E-state index in [1.54, 1.807) is 16.0 Å². The highest BCUT2D eigenvalue weighted by Gasteiger charge is 2.19. The van der Waals surface area contributed by atoms with Gasteiger partial charge in [-0.05, 0) is 18.6 Å². The third kappa shape index (κ3) is 3.69. The summed E-state index contributed by atoms with van der Waals surface area (Å²) in [5, 5.41) is 6.44. The number of H-pyrrole nitrogens is 1. The van der Waals surface area contributed by atoms with Crippen LogP contribution in [-0.4, -0.2) is 38.3 Å². The highest BCUT2D eigenvalue weighted by Crippen LogP contribution is 2.21. The normalized spacial score (nSPS) is 11.7. The van der Waals surface area contributed by atoms with Gasteiger partial charge in [0.2, 0.25) is 0 Å². The number of aromatic amines is 1. The van der Waals surface area contributed by atoms with E-state index in [9.17, 15) is 9.59 Å². The standard InChI is InChI=1S/C24H22N8O2S/c1-3-31-21-20(22(33)27-23(31)34)32(19(26-21)12-17-14-30-10-11-35-24(30)25-17)13-15-4-6-16(7-5-15)18-8-9-29(2)28-18/h4-11,14H,3,12-13H2,1-2H3,(H,27,33,34). The molecule has 35 heavy (non-hydrogen) atoms. The van der Waals surface area contributed by atoms with Crippen molar-refractivity contribution >= 4 is 27.5 Å². The Balaban J connectivity index is 1.45. The van der Waals surface area contributed by atoms with Gasteiger partial charge in [0.05, 0.1) is 11.4 Å². The Labute approximate surface area is 202 Å². The maximum atomic E-state index is 12.9. The Bertz CT molecular complexity index is 1770. The summed E-state index contributed by atoms with van der Waals surface area (Å²) in [4.78, 5) is 38.1. The Kier molecular flexibility index (Phi) is 4.99. The van der Waals surface area contributed by atoms with Gasteiger partial charge in [-0.1, -0.05) is 24.3 Å². The Morgan fingerprint density at radius 3 is 2.57 bits per heavy atom. The first kappa shape index (κ1) is 21.3. The van der Waals surface area contributed by atoms with Gasteiger partial charge in [0.15, 0.2) is 16.1 Å². The lowest BCUT2D eigenvalue weighted by Crippen LogP contribution is -2.30. The monoisotopic (exact) mass is 486 g/mol. The molecular formula is C24H22N8O2S. The van der Waals surface area contributed by atoms with Crippen molar-refractivity contribution in [3.63, 3.8) is 0 Å². The van der Waals surface area contributed by atoms with Crippen LogP contribution in [0.25, 0.3) is 27.4 Å². The summed E-state index contributed by atoms with van der Waals surface area (Å²) in [5.74, 6) is 0.679. The van der Waals surface area contributed by atoms with Crippen molar-refractivity contribution in [2.45, 2.75) is 26.4 Å². The first-order valence-corrected chi connectivity index (χ1v) is 12.1. The number of fused-ring (bicyclic) bond motifs is 2. The van der Waals surface area contributed by atoms with Crippen molar-refractivity contribution in [3.8, 4) is 11.3 Å². The largest absolute Gasteiger partial charge is 0.330 e. The zero-order chi connectivity index (χ0) is 24.1. The van der Waals surface area contributed by atoms with Gasteiger partial charge in [-0.3, -0.25) is 23.4 Å². The average molecular weight is 487 g/mol. The molecule has 176 valence electrons. The molecule has 0 fully saturated rings. The van der Waals surface area contributed by atoms with Crippen LogP contribution in [0.1, 0.15) is 24.0 Å². The van der Waals surface area contributed by atoms with E-state index in [1.165, 1.54) is 4.57 Å². The number of thiazole rings is 1. The summed E-state index contributed by atoms with van der Waals surface area (Å²) in [6, 6.07) is 10.1. The highest BCUT2D eigenvalue weighted by molar-refractivity contribution is 7.15. The van der Waals surface area contributed by atoms with Crippen LogP contribution in [0.4, 0.5) is 0 Å². The van der Waals surface area contributed by atoms with Crippen LogP contribution in [0.5, 0.6) is 0 Å².